The summed E-state index contributed by atoms with van der Waals surface area (Å²) in [5, 5.41) is 2.78. The first-order chi connectivity index (χ1) is 8.29. The molecule has 0 atom stereocenters. The van der Waals surface area contributed by atoms with Crippen molar-refractivity contribution < 1.29 is 4.79 Å². The van der Waals surface area contributed by atoms with Crippen LogP contribution in [0, 0.1) is 5.92 Å². The maximum absolute atomic E-state index is 11.9. The van der Waals surface area contributed by atoms with E-state index in [2.05, 4.69) is 20.7 Å². The molecule has 0 bridgehead atoms. The van der Waals surface area contributed by atoms with Gasteiger partial charge in [0.1, 0.15) is 0 Å². The Kier molecular flexibility index (Phi) is 3.87. The summed E-state index contributed by atoms with van der Waals surface area (Å²) in [4.78, 5) is 19.9. The highest BCUT2D eigenvalue weighted by Gasteiger charge is 2.21. The molecule has 1 heterocycles. The second kappa shape index (κ2) is 5.58. The standard InChI is InChI=1S/C11H17N5O/c12-16-10-7-13-9(6-14-10)15-11(17)8-4-2-1-3-5-8/h6-8H,1-5,12H2,(H,14,16)(H,13,15,17). The summed E-state index contributed by atoms with van der Waals surface area (Å²) in [5.41, 5.74) is 2.38. The first-order valence-electron chi connectivity index (χ1n) is 5.89. The van der Waals surface area contributed by atoms with Crippen LogP contribution in [-0.2, 0) is 4.79 Å². The molecule has 6 nitrogen and oxygen atoms in total. The number of rotatable bonds is 3. The van der Waals surface area contributed by atoms with Gasteiger partial charge in [-0.15, -0.1) is 0 Å². The molecule has 1 fully saturated rings. The molecular weight excluding hydrogens is 218 g/mol. The van der Waals surface area contributed by atoms with Crippen molar-refractivity contribution in [1.82, 2.24) is 9.97 Å². The van der Waals surface area contributed by atoms with Crippen molar-refractivity contribution in [3.63, 3.8) is 0 Å². The van der Waals surface area contributed by atoms with Crippen molar-refractivity contribution in [2.75, 3.05) is 10.7 Å². The fourth-order valence-electron chi connectivity index (χ4n) is 2.06. The Bertz CT molecular complexity index is 372. The Hall–Kier alpha value is -1.69. The number of hydrogen-bond acceptors (Lipinski definition) is 5. The van der Waals surface area contributed by atoms with Crippen molar-refractivity contribution in [2.45, 2.75) is 32.1 Å². The van der Waals surface area contributed by atoms with Gasteiger partial charge in [-0.1, -0.05) is 19.3 Å². The van der Waals surface area contributed by atoms with Crippen LogP contribution in [-0.4, -0.2) is 15.9 Å². The minimum atomic E-state index is 0.0486. The van der Waals surface area contributed by atoms with Crippen LogP contribution in [0.2, 0.25) is 0 Å². The zero-order chi connectivity index (χ0) is 12.1. The lowest BCUT2D eigenvalue weighted by Crippen LogP contribution is -2.25. The Morgan fingerprint density at radius 3 is 2.41 bits per heavy atom. The second-order valence-electron chi connectivity index (χ2n) is 4.26. The smallest absolute Gasteiger partial charge is 0.228 e. The Labute approximate surface area is 100.0 Å². The van der Waals surface area contributed by atoms with Crippen LogP contribution in [0.15, 0.2) is 12.4 Å². The summed E-state index contributed by atoms with van der Waals surface area (Å²) in [6, 6.07) is 0. The van der Waals surface area contributed by atoms with Crippen LogP contribution in [0.3, 0.4) is 0 Å². The summed E-state index contributed by atoms with van der Waals surface area (Å²) in [6.07, 6.45) is 8.44. The lowest BCUT2D eigenvalue weighted by Gasteiger charge is -2.20. The lowest BCUT2D eigenvalue weighted by atomic mass is 9.89. The summed E-state index contributed by atoms with van der Waals surface area (Å²) < 4.78 is 0. The van der Waals surface area contributed by atoms with Gasteiger partial charge in [0.15, 0.2) is 11.6 Å². The molecule has 1 aromatic heterocycles. The number of nitrogens with one attached hydrogen (secondary N) is 2. The number of carbonyl (C=O) groups is 1. The number of carbonyl (C=O) groups excluding carboxylic acids is 1. The lowest BCUT2D eigenvalue weighted by molar-refractivity contribution is -0.120. The van der Waals surface area contributed by atoms with E-state index in [-0.39, 0.29) is 11.8 Å². The summed E-state index contributed by atoms with van der Waals surface area (Å²) >= 11 is 0. The Balaban J connectivity index is 1.92. The van der Waals surface area contributed by atoms with Gasteiger partial charge in [-0.25, -0.2) is 15.8 Å². The number of nitrogens with two attached hydrogens (primary N) is 1. The van der Waals surface area contributed by atoms with E-state index in [1.807, 2.05) is 0 Å². The predicted molar refractivity (Wildman–Crippen MR) is 65.0 cm³/mol. The third-order valence-corrected chi connectivity index (χ3v) is 3.03. The van der Waals surface area contributed by atoms with Crippen molar-refractivity contribution in [1.29, 1.82) is 0 Å². The molecule has 0 aliphatic heterocycles. The summed E-state index contributed by atoms with van der Waals surface area (Å²) in [5.74, 6) is 6.29. The van der Waals surface area contributed by atoms with Crippen LogP contribution >= 0.6 is 0 Å². The fourth-order valence-corrected chi connectivity index (χ4v) is 2.06. The quantitative estimate of drug-likeness (QED) is 0.542. The van der Waals surface area contributed by atoms with Crippen molar-refractivity contribution in [3.05, 3.63) is 12.4 Å². The number of amides is 1. The minimum absolute atomic E-state index is 0.0486. The fraction of sp³-hybridized carbons (Fsp3) is 0.545. The van der Waals surface area contributed by atoms with Gasteiger partial charge in [0.2, 0.25) is 5.91 Å². The van der Waals surface area contributed by atoms with Gasteiger partial charge in [0, 0.05) is 5.92 Å². The molecule has 1 saturated carbocycles. The van der Waals surface area contributed by atoms with Crippen molar-refractivity contribution in [2.24, 2.45) is 11.8 Å². The number of nitrogens with zero attached hydrogens (tertiary/aromatic N) is 2. The van der Waals surface area contributed by atoms with Gasteiger partial charge < -0.3 is 10.7 Å². The number of anilines is 2. The van der Waals surface area contributed by atoms with Gasteiger partial charge in [-0.3, -0.25) is 4.79 Å². The highest BCUT2D eigenvalue weighted by Crippen LogP contribution is 2.24. The Morgan fingerprint density at radius 2 is 1.82 bits per heavy atom. The molecule has 0 saturated heterocycles. The topological polar surface area (TPSA) is 92.9 Å². The molecule has 1 amide bonds. The van der Waals surface area contributed by atoms with Gasteiger partial charge in [-0.2, -0.15) is 0 Å². The molecule has 0 aromatic carbocycles. The average molecular weight is 235 g/mol. The van der Waals surface area contributed by atoms with Crippen molar-refractivity contribution >= 4 is 17.5 Å². The summed E-state index contributed by atoms with van der Waals surface area (Å²) in [7, 11) is 0. The third-order valence-electron chi connectivity index (χ3n) is 3.03. The van der Waals surface area contributed by atoms with Gasteiger partial charge in [0.05, 0.1) is 12.4 Å². The molecular formula is C11H17N5O. The molecule has 0 unspecified atom stereocenters. The van der Waals surface area contributed by atoms with Gasteiger partial charge >= 0.3 is 0 Å². The number of aromatic nitrogens is 2. The van der Waals surface area contributed by atoms with Crippen LogP contribution < -0.4 is 16.6 Å². The number of hydrazine groups is 1. The van der Waals surface area contributed by atoms with E-state index < -0.39 is 0 Å². The second-order valence-corrected chi connectivity index (χ2v) is 4.26. The van der Waals surface area contributed by atoms with E-state index in [4.69, 9.17) is 5.84 Å². The van der Waals surface area contributed by atoms with E-state index in [1.165, 1.54) is 18.8 Å². The Morgan fingerprint density at radius 1 is 1.18 bits per heavy atom. The van der Waals surface area contributed by atoms with Crippen LogP contribution in [0.25, 0.3) is 0 Å². The molecule has 0 spiro atoms. The first-order valence-corrected chi connectivity index (χ1v) is 5.89. The maximum Gasteiger partial charge on any atom is 0.228 e. The number of hydrogen-bond donors (Lipinski definition) is 3. The zero-order valence-electron chi connectivity index (χ0n) is 9.65. The normalized spacial score (nSPS) is 16.5. The third kappa shape index (κ3) is 3.13. The van der Waals surface area contributed by atoms with Crippen LogP contribution in [0.1, 0.15) is 32.1 Å². The average Bonchev–Trinajstić information content (AvgIpc) is 2.40. The van der Waals surface area contributed by atoms with E-state index in [0.717, 1.165) is 25.7 Å². The molecule has 92 valence electrons. The van der Waals surface area contributed by atoms with E-state index >= 15 is 0 Å². The molecule has 0 radical (unpaired) electrons. The van der Waals surface area contributed by atoms with Crippen LogP contribution in [0.4, 0.5) is 11.6 Å². The number of nitrogen functional groups attached to an aromatic ring is 1. The zero-order valence-corrected chi connectivity index (χ0v) is 9.65. The maximum atomic E-state index is 11.9. The van der Waals surface area contributed by atoms with Crippen molar-refractivity contribution in [3.8, 4) is 0 Å². The largest absolute Gasteiger partial charge is 0.309 e. The van der Waals surface area contributed by atoms with E-state index in [1.54, 1.807) is 0 Å². The molecule has 4 N–H and O–H groups in total. The molecule has 17 heavy (non-hydrogen) atoms. The van der Waals surface area contributed by atoms with Crippen LogP contribution in [0.5, 0.6) is 0 Å². The van der Waals surface area contributed by atoms with E-state index in [9.17, 15) is 4.79 Å². The van der Waals surface area contributed by atoms with Gasteiger partial charge in [0.25, 0.3) is 0 Å². The first kappa shape index (κ1) is 11.8. The molecule has 1 aliphatic carbocycles. The van der Waals surface area contributed by atoms with E-state index in [0.29, 0.717) is 11.6 Å². The molecule has 1 aliphatic rings. The molecule has 6 heteroatoms. The monoisotopic (exact) mass is 235 g/mol. The minimum Gasteiger partial charge on any atom is -0.309 e. The molecule has 2 rings (SSSR count). The summed E-state index contributed by atoms with van der Waals surface area (Å²) in [6.45, 7) is 0. The SMILES string of the molecule is NNc1cnc(NC(=O)C2CCCCC2)cn1. The highest BCUT2D eigenvalue weighted by molar-refractivity contribution is 5.91. The highest BCUT2D eigenvalue weighted by atomic mass is 16.1. The van der Waals surface area contributed by atoms with Gasteiger partial charge in [-0.05, 0) is 12.8 Å². The predicted octanol–water partition coefficient (Wildman–Crippen LogP) is 1.28. The molecule has 1 aromatic rings.